The lowest BCUT2D eigenvalue weighted by atomic mass is 10.2. The second-order valence-corrected chi connectivity index (χ2v) is 5.83. The van der Waals surface area contributed by atoms with E-state index in [1.54, 1.807) is 0 Å². The molecule has 0 spiro atoms. The number of fused-ring (bicyclic) bond motifs is 1. The van der Waals surface area contributed by atoms with Crippen molar-refractivity contribution >= 4 is 16.9 Å². The molecule has 0 bridgehead atoms. The number of carbonyl (C=O) groups is 1. The van der Waals surface area contributed by atoms with E-state index in [1.807, 2.05) is 25.1 Å². The molecule has 1 aromatic heterocycles. The molecule has 0 aliphatic rings. The maximum absolute atomic E-state index is 11.4. The van der Waals surface area contributed by atoms with E-state index in [0.29, 0.717) is 6.42 Å². The van der Waals surface area contributed by atoms with Gasteiger partial charge in [-0.15, -0.1) is 6.58 Å². The van der Waals surface area contributed by atoms with Gasteiger partial charge < -0.3 is 9.88 Å². The quantitative estimate of drug-likeness (QED) is 0.535. The number of unbranched alkanes of at least 4 members (excludes halogenated alkanes) is 2. The number of para-hydroxylation sites is 2. The number of benzene rings is 1. The van der Waals surface area contributed by atoms with Crippen LogP contribution in [0.4, 0.5) is 0 Å². The number of amides is 1. The predicted octanol–water partition coefficient (Wildman–Crippen LogP) is 3.85. The molecule has 0 saturated carbocycles. The number of nitrogens with zero attached hydrogens (tertiary/aromatic N) is 2. The standard InChI is InChI=1S/C19H27N3O/c1-3-10-19(23)20-14-9-5-6-13-18-21-16-11-7-8-12-17(16)22(18)15-4-2/h4,7-8,11-12H,2-3,5-6,9-10,13-15H2,1H3,(H,20,23). The molecule has 0 unspecified atom stereocenters. The third-order valence-corrected chi connectivity index (χ3v) is 3.92. The average Bonchev–Trinajstić information content (AvgIpc) is 2.89. The highest BCUT2D eigenvalue weighted by molar-refractivity contribution is 5.76. The molecule has 4 heteroatoms. The number of allylic oxidation sites excluding steroid dienone is 1. The van der Waals surface area contributed by atoms with E-state index in [0.717, 1.165) is 56.5 Å². The third-order valence-electron chi connectivity index (χ3n) is 3.92. The molecule has 0 radical (unpaired) electrons. The number of imidazole rings is 1. The first-order valence-corrected chi connectivity index (χ1v) is 8.58. The molecule has 1 heterocycles. The molecule has 1 aromatic carbocycles. The summed E-state index contributed by atoms with van der Waals surface area (Å²) < 4.78 is 2.24. The Labute approximate surface area is 138 Å². The highest BCUT2D eigenvalue weighted by Gasteiger charge is 2.08. The van der Waals surface area contributed by atoms with Crippen LogP contribution in [0.1, 0.15) is 44.9 Å². The number of aromatic nitrogens is 2. The molecule has 0 fully saturated rings. The molecule has 0 atom stereocenters. The van der Waals surface area contributed by atoms with Crippen LogP contribution in [-0.2, 0) is 17.8 Å². The Morgan fingerprint density at radius 2 is 2.13 bits per heavy atom. The summed E-state index contributed by atoms with van der Waals surface area (Å²) in [6, 6.07) is 8.24. The first kappa shape index (κ1) is 17.3. The maximum atomic E-state index is 11.4. The Morgan fingerprint density at radius 3 is 2.91 bits per heavy atom. The predicted molar refractivity (Wildman–Crippen MR) is 95.4 cm³/mol. The summed E-state index contributed by atoms with van der Waals surface area (Å²) in [5.74, 6) is 1.29. The van der Waals surface area contributed by atoms with Crippen molar-refractivity contribution in [2.24, 2.45) is 0 Å². The number of rotatable bonds is 10. The molecular weight excluding hydrogens is 286 g/mol. The maximum Gasteiger partial charge on any atom is 0.219 e. The third kappa shape index (κ3) is 4.95. The van der Waals surface area contributed by atoms with Crippen LogP contribution in [0.25, 0.3) is 11.0 Å². The van der Waals surface area contributed by atoms with Gasteiger partial charge >= 0.3 is 0 Å². The van der Waals surface area contributed by atoms with E-state index in [-0.39, 0.29) is 5.91 Å². The van der Waals surface area contributed by atoms with Crippen molar-refractivity contribution < 1.29 is 4.79 Å². The van der Waals surface area contributed by atoms with E-state index < -0.39 is 0 Å². The van der Waals surface area contributed by atoms with Crippen LogP contribution in [0, 0.1) is 0 Å². The van der Waals surface area contributed by atoms with Crippen LogP contribution >= 0.6 is 0 Å². The fourth-order valence-electron chi connectivity index (χ4n) is 2.78. The number of carbonyl (C=O) groups excluding carboxylic acids is 1. The second-order valence-electron chi connectivity index (χ2n) is 5.83. The minimum atomic E-state index is 0.167. The van der Waals surface area contributed by atoms with Gasteiger partial charge in [-0.3, -0.25) is 4.79 Å². The van der Waals surface area contributed by atoms with Crippen molar-refractivity contribution in [2.75, 3.05) is 6.54 Å². The van der Waals surface area contributed by atoms with Crippen molar-refractivity contribution in [1.29, 1.82) is 0 Å². The SMILES string of the molecule is C=CCn1c(CCCCCNC(=O)CCC)nc2ccccc21. The first-order valence-electron chi connectivity index (χ1n) is 8.58. The topological polar surface area (TPSA) is 46.9 Å². The van der Waals surface area contributed by atoms with Crippen LogP contribution in [0.15, 0.2) is 36.9 Å². The zero-order chi connectivity index (χ0) is 16.5. The zero-order valence-corrected chi connectivity index (χ0v) is 14.1. The number of nitrogens with one attached hydrogen (secondary N) is 1. The Hall–Kier alpha value is -2.10. The van der Waals surface area contributed by atoms with Crippen molar-refractivity contribution in [3.63, 3.8) is 0 Å². The lowest BCUT2D eigenvalue weighted by Gasteiger charge is -2.07. The van der Waals surface area contributed by atoms with Gasteiger partial charge in [-0.1, -0.05) is 31.6 Å². The van der Waals surface area contributed by atoms with E-state index in [1.165, 1.54) is 5.52 Å². The first-order chi connectivity index (χ1) is 11.3. The van der Waals surface area contributed by atoms with Gasteiger partial charge in [0.05, 0.1) is 11.0 Å². The summed E-state index contributed by atoms with van der Waals surface area (Å²) in [5.41, 5.74) is 2.23. The van der Waals surface area contributed by atoms with E-state index in [9.17, 15) is 4.79 Å². The van der Waals surface area contributed by atoms with Crippen LogP contribution in [0.2, 0.25) is 0 Å². The summed E-state index contributed by atoms with van der Waals surface area (Å²) in [7, 11) is 0. The minimum Gasteiger partial charge on any atom is -0.356 e. The van der Waals surface area contributed by atoms with Gasteiger partial charge in [0.15, 0.2) is 0 Å². The van der Waals surface area contributed by atoms with Gasteiger partial charge in [-0.25, -0.2) is 4.98 Å². The lowest BCUT2D eigenvalue weighted by Crippen LogP contribution is -2.23. The molecular formula is C19H27N3O. The minimum absolute atomic E-state index is 0.167. The van der Waals surface area contributed by atoms with Crippen LogP contribution in [0.5, 0.6) is 0 Å². The number of hydrogen-bond acceptors (Lipinski definition) is 2. The normalized spacial score (nSPS) is 10.8. The molecule has 124 valence electrons. The second kappa shape index (κ2) is 9.13. The molecule has 2 aromatic rings. The summed E-state index contributed by atoms with van der Waals surface area (Å²) in [5, 5.41) is 2.96. The number of aryl methyl sites for hydroxylation is 1. The fourth-order valence-corrected chi connectivity index (χ4v) is 2.78. The lowest BCUT2D eigenvalue weighted by molar-refractivity contribution is -0.121. The van der Waals surface area contributed by atoms with Gasteiger partial charge in [-0.05, 0) is 31.4 Å². The molecule has 1 amide bonds. The Balaban J connectivity index is 1.81. The van der Waals surface area contributed by atoms with Gasteiger partial charge in [0.2, 0.25) is 5.91 Å². The Bertz CT molecular complexity index is 645. The number of hydrogen-bond donors (Lipinski definition) is 1. The van der Waals surface area contributed by atoms with Crippen LogP contribution < -0.4 is 5.32 Å². The zero-order valence-electron chi connectivity index (χ0n) is 14.1. The van der Waals surface area contributed by atoms with E-state index >= 15 is 0 Å². The summed E-state index contributed by atoms with van der Waals surface area (Å²) >= 11 is 0. The molecule has 0 aliphatic heterocycles. The smallest absolute Gasteiger partial charge is 0.219 e. The average molecular weight is 313 g/mol. The molecule has 0 saturated heterocycles. The molecule has 4 nitrogen and oxygen atoms in total. The van der Waals surface area contributed by atoms with Gasteiger partial charge in [0, 0.05) is 25.9 Å². The van der Waals surface area contributed by atoms with Gasteiger partial charge in [-0.2, -0.15) is 0 Å². The van der Waals surface area contributed by atoms with Crippen molar-refractivity contribution in [3.05, 3.63) is 42.7 Å². The Morgan fingerprint density at radius 1 is 1.30 bits per heavy atom. The monoisotopic (exact) mass is 313 g/mol. The molecule has 2 rings (SSSR count). The Kier molecular flexibility index (Phi) is 6.85. The van der Waals surface area contributed by atoms with Crippen molar-refractivity contribution in [3.8, 4) is 0 Å². The summed E-state index contributed by atoms with van der Waals surface area (Å²) in [4.78, 5) is 16.1. The molecule has 1 N–H and O–H groups in total. The summed E-state index contributed by atoms with van der Waals surface area (Å²) in [6.45, 7) is 7.44. The fraction of sp³-hybridized carbons (Fsp3) is 0.474. The van der Waals surface area contributed by atoms with Gasteiger partial charge in [0.1, 0.15) is 5.82 Å². The molecule has 23 heavy (non-hydrogen) atoms. The molecule has 0 aliphatic carbocycles. The van der Waals surface area contributed by atoms with Crippen LogP contribution in [-0.4, -0.2) is 22.0 Å². The van der Waals surface area contributed by atoms with E-state index in [2.05, 4.69) is 28.6 Å². The van der Waals surface area contributed by atoms with E-state index in [4.69, 9.17) is 4.98 Å². The van der Waals surface area contributed by atoms with Crippen molar-refractivity contribution in [2.45, 2.75) is 52.0 Å². The largest absolute Gasteiger partial charge is 0.356 e. The summed E-state index contributed by atoms with van der Waals surface area (Å²) in [6.07, 6.45) is 7.63. The van der Waals surface area contributed by atoms with Crippen molar-refractivity contribution in [1.82, 2.24) is 14.9 Å². The van der Waals surface area contributed by atoms with Crippen LogP contribution in [0.3, 0.4) is 0 Å². The van der Waals surface area contributed by atoms with Gasteiger partial charge in [0.25, 0.3) is 0 Å². The highest BCUT2D eigenvalue weighted by Crippen LogP contribution is 2.17. The highest BCUT2D eigenvalue weighted by atomic mass is 16.1.